The summed E-state index contributed by atoms with van der Waals surface area (Å²) < 4.78 is 18.6. The first-order valence-electron chi connectivity index (χ1n) is 8.49. The molecule has 0 spiro atoms. The zero-order chi connectivity index (χ0) is 17.9. The lowest BCUT2D eigenvalue weighted by molar-refractivity contribution is 0.00578. The molecule has 4 nitrogen and oxygen atoms in total. The van der Waals surface area contributed by atoms with Gasteiger partial charge in [-0.1, -0.05) is 6.08 Å². The molecule has 23 heavy (non-hydrogen) atoms. The minimum Gasteiger partial charge on any atom is -0.415 e. The van der Waals surface area contributed by atoms with Crippen LogP contribution in [0.15, 0.2) is 11.5 Å². The van der Waals surface area contributed by atoms with Crippen LogP contribution in [0.2, 0.25) is 19.1 Å². The van der Waals surface area contributed by atoms with Gasteiger partial charge in [-0.2, -0.15) is 5.26 Å². The van der Waals surface area contributed by atoms with E-state index in [-0.39, 0.29) is 24.4 Å². The van der Waals surface area contributed by atoms with Crippen LogP contribution >= 0.6 is 0 Å². The van der Waals surface area contributed by atoms with Crippen LogP contribution in [0.3, 0.4) is 0 Å². The molecule has 0 radical (unpaired) electrons. The predicted octanol–water partition coefficient (Wildman–Crippen LogP) is 4.48. The molecule has 130 valence electrons. The van der Waals surface area contributed by atoms with Crippen molar-refractivity contribution in [1.29, 1.82) is 5.26 Å². The van der Waals surface area contributed by atoms with Crippen LogP contribution in [0.4, 0.5) is 0 Å². The number of nitriles is 1. The average Bonchev–Trinajstić information content (AvgIpc) is 2.55. The Labute approximate surface area is 143 Å². The summed E-state index contributed by atoms with van der Waals surface area (Å²) in [5.41, 5.74) is 0.420. The minimum atomic E-state index is -1.86. The number of unbranched alkanes of at least 4 members (excludes halogenated alkanes) is 1. The first-order chi connectivity index (χ1) is 10.4. The predicted molar refractivity (Wildman–Crippen MR) is 97.5 cm³/mol. The molecule has 0 unspecified atom stereocenters. The molecule has 0 aliphatic carbocycles. The largest absolute Gasteiger partial charge is 0.490 e. The molecule has 1 aliphatic heterocycles. The van der Waals surface area contributed by atoms with E-state index in [1.54, 1.807) is 0 Å². The van der Waals surface area contributed by atoms with Gasteiger partial charge in [0.25, 0.3) is 0 Å². The van der Waals surface area contributed by atoms with E-state index in [0.29, 0.717) is 6.42 Å². The Bertz CT molecular complexity index is 465. The number of rotatable bonds is 7. The van der Waals surface area contributed by atoms with E-state index >= 15 is 0 Å². The fraction of sp³-hybridized carbons (Fsp3) is 0.824. The molecule has 0 amide bonds. The highest BCUT2D eigenvalue weighted by atomic mass is 28.4. The molecule has 0 aromatic rings. The van der Waals surface area contributed by atoms with Crippen LogP contribution in [0, 0.1) is 11.3 Å². The Balaban J connectivity index is 2.95. The van der Waals surface area contributed by atoms with Gasteiger partial charge in [0.1, 0.15) is 0 Å². The fourth-order valence-corrected chi connectivity index (χ4v) is 5.39. The third-order valence-electron chi connectivity index (χ3n) is 4.40. The van der Waals surface area contributed by atoms with Crippen LogP contribution in [0.5, 0.6) is 0 Å². The van der Waals surface area contributed by atoms with Crippen molar-refractivity contribution >= 4 is 15.4 Å². The van der Waals surface area contributed by atoms with Gasteiger partial charge in [-0.3, -0.25) is 0 Å². The molecule has 0 aromatic heterocycles. The number of allylic oxidation sites excluding steroid dienone is 2. The zero-order valence-electron chi connectivity index (χ0n) is 16.0. The van der Waals surface area contributed by atoms with Crippen LogP contribution in [-0.4, -0.2) is 32.7 Å². The topological polar surface area (TPSA) is 51.5 Å². The smallest absolute Gasteiger partial charge is 0.415 e. The second-order valence-corrected chi connectivity index (χ2v) is 12.3. The van der Waals surface area contributed by atoms with Gasteiger partial charge in [-0.05, 0) is 72.6 Å². The molecule has 0 saturated carbocycles. The van der Waals surface area contributed by atoms with E-state index in [1.807, 2.05) is 0 Å². The second kappa shape index (κ2) is 7.52. The highest BCUT2D eigenvalue weighted by Crippen LogP contribution is 2.40. The van der Waals surface area contributed by atoms with Crippen LogP contribution < -0.4 is 0 Å². The van der Waals surface area contributed by atoms with Gasteiger partial charge >= 0.3 is 7.12 Å². The summed E-state index contributed by atoms with van der Waals surface area (Å²) in [5, 5.41) is 8.80. The van der Waals surface area contributed by atoms with E-state index in [0.717, 1.165) is 17.9 Å². The third kappa shape index (κ3) is 5.75. The quantitative estimate of drug-likeness (QED) is 0.508. The van der Waals surface area contributed by atoms with Crippen LogP contribution in [-0.2, 0) is 13.7 Å². The summed E-state index contributed by atoms with van der Waals surface area (Å²) in [5.74, 6) is 0. The molecule has 6 heteroatoms. The molecular formula is C17H32BNO3Si. The number of hydrogen-bond acceptors (Lipinski definition) is 4. The van der Waals surface area contributed by atoms with Crippen molar-refractivity contribution in [2.75, 3.05) is 0 Å². The van der Waals surface area contributed by atoms with Gasteiger partial charge in [-0.15, -0.1) is 0 Å². The first kappa shape index (κ1) is 20.4. The maximum absolute atomic E-state index is 8.80. The number of hydrogen-bond donors (Lipinski definition) is 0. The molecule has 0 aromatic carbocycles. The zero-order valence-corrected chi connectivity index (χ0v) is 17.0. The molecular weight excluding hydrogens is 305 g/mol. The van der Waals surface area contributed by atoms with Crippen molar-refractivity contribution in [3.63, 3.8) is 0 Å². The van der Waals surface area contributed by atoms with Crippen molar-refractivity contribution in [3.05, 3.63) is 11.5 Å². The second-order valence-electron chi connectivity index (χ2n) is 8.17. The maximum atomic E-state index is 8.80. The van der Waals surface area contributed by atoms with E-state index < -0.39 is 8.32 Å². The van der Waals surface area contributed by atoms with Gasteiger partial charge in [0.15, 0.2) is 8.32 Å². The summed E-state index contributed by atoms with van der Waals surface area (Å²) in [6.45, 7) is 16.8. The van der Waals surface area contributed by atoms with E-state index in [9.17, 15) is 0 Å². The van der Waals surface area contributed by atoms with Crippen molar-refractivity contribution in [1.82, 2.24) is 0 Å². The lowest BCUT2D eigenvalue weighted by Gasteiger charge is -2.32. The molecule has 1 aliphatic rings. The summed E-state index contributed by atoms with van der Waals surface area (Å²) in [7, 11) is -2.21. The Hall–Kier alpha value is -0.608. The lowest BCUT2D eigenvalue weighted by atomic mass is 9.78. The number of nitrogens with zero attached hydrogens (tertiary/aromatic N) is 1. The standard InChI is InChI=1S/C17H32BNO3Si/c1-14(2)20-23(7,8)13-15(11-9-10-12-19)18-21-16(3,4)17(5,6)22-18/h11,14H,9-10,13H2,1-8H3/b15-11-. The van der Waals surface area contributed by atoms with Crippen molar-refractivity contribution in [2.24, 2.45) is 0 Å². The average molecular weight is 337 g/mol. The lowest BCUT2D eigenvalue weighted by Crippen LogP contribution is -2.41. The first-order valence-corrected chi connectivity index (χ1v) is 11.6. The summed E-state index contributed by atoms with van der Waals surface area (Å²) in [4.78, 5) is 0. The SMILES string of the molecule is CC(C)O[Si](C)(C)C/C(=C/CCC#N)B1OC(C)(C)C(C)(C)O1. The van der Waals surface area contributed by atoms with Gasteiger partial charge in [-0.25, -0.2) is 0 Å². The highest BCUT2D eigenvalue weighted by Gasteiger charge is 2.52. The molecule has 1 heterocycles. The third-order valence-corrected chi connectivity index (χ3v) is 6.77. The van der Waals surface area contributed by atoms with Gasteiger partial charge < -0.3 is 13.7 Å². The molecule has 0 bridgehead atoms. The van der Waals surface area contributed by atoms with E-state index in [4.69, 9.17) is 19.0 Å². The Kier molecular flexibility index (Phi) is 6.68. The van der Waals surface area contributed by atoms with Gasteiger partial charge in [0.05, 0.1) is 17.3 Å². The Morgan fingerprint density at radius 3 is 2.17 bits per heavy atom. The summed E-state index contributed by atoms with van der Waals surface area (Å²) >= 11 is 0. The van der Waals surface area contributed by atoms with Crippen molar-refractivity contribution in [3.8, 4) is 6.07 Å². The summed E-state index contributed by atoms with van der Waals surface area (Å²) in [6, 6.07) is 3.05. The van der Waals surface area contributed by atoms with Crippen LogP contribution in [0.25, 0.3) is 0 Å². The van der Waals surface area contributed by atoms with Gasteiger partial charge in [0, 0.05) is 12.5 Å². The van der Waals surface area contributed by atoms with Crippen molar-refractivity contribution < 1.29 is 13.7 Å². The fourth-order valence-electron chi connectivity index (χ4n) is 2.74. The van der Waals surface area contributed by atoms with E-state index in [1.165, 1.54) is 0 Å². The molecule has 1 fully saturated rings. The van der Waals surface area contributed by atoms with Crippen molar-refractivity contribution in [2.45, 2.75) is 90.8 Å². The molecule has 0 atom stereocenters. The van der Waals surface area contributed by atoms with Crippen LogP contribution in [0.1, 0.15) is 54.4 Å². The highest BCUT2D eigenvalue weighted by molar-refractivity contribution is 6.74. The molecule has 0 N–H and O–H groups in total. The molecule has 1 rings (SSSR count). The normalized spacial score (nSPS) is 20.9. The maximum Gasteiger partial charge on any atom is 0.490 e. The minimum absolute atomic E-state index is 0.218. The van der Waals surface area contributed by atoms with Gasteiger partial charge in [0.2, 0.25) is 0 Å². The monoisotopic (exact) mass is 337 g/mol. The Morgan fingerprint density at radius 2 is 1.74 bits per heavy atom. The summed E-state index contributed by atoms with van der Waals surface area (Å²) in [6.07, 6.45) is 3.57. The Morgan fingerprint density at radius 1 is 1.22 bits per heavy atom. The van der Waals surface area contributed by atoms with E-state index in [2.05, 4.69) is 66.8 Å². The molecule has 1 saturated heterocycles.